The molecule has 1 rings (SSSR count). The molecule has 0 aliphatic carbocycles. The smallest absolute Gasteiger partial charge is 0.104 e. The second-order valence-corrected chi connectivity index (χ2v) is 8.33. The van der Waals surface area contributed by atoms with Crippen molar-refractivity contribution in [1.29, 1.82) is 0 Å². The molecular formula is C27H42N4. The van der Waals surface area contributed by atoms with Gasteiger partial charge in [0.05, 0.1) is 0 Å². The summed E-state index contributed by atoms with van der Waals surface area (Å²) in [5.74, 6) is 0.701. The van der Waals surface area contributed by atoms with E-state index in [2.05, 4.69) is 81.6 Å². The lowest BCUT2D eigenvalue weighted by Crippen LogP contribution is -2.38. The highest BCUT2D eigenvalue weighted by molar-refractivity contribution is 5.47. The molecule has 0 saturated carbocycles. The summed E-state index contributed by atoms with van der Waals surface area (Å²) in [6.07, 6.45) is 9.36. The van der Waals surface area contributed by atoms with Crippen LogP contribution in [0.5, 0.6) is 0 Å². The first-order chi connectivity index (χ1) is 14.4. The SMILES string of the molecule is C=C(CN1C(=C)C(C)=C(CN(C)N(C)C(=C)C)C=C1N)/C(CC)=C(C)/C=C(C)\C=C/C. The predicted molar refractivity (Wildman–Crippen MR) is 137 cm³/mol. The Morgan fingerprint density at radius 1 is 1.19 bits per heavy atom. The van der Waals surface area contributed by atoms with Crippen molar-refractivity contribution in [2.45, 2.75) is 48.0 Å². The van der Waals surface area contributed by atoms with Gasteiger partial charge >= 0.3 is 0 Å². The summed E-state index contributed by atoms with van der Waals surface area (Å²) in [4.78, 5) is 2.06. The van der Waals surface area contributed by atoms with Crippen LogP contribution in [0.1, 0.15) is 48.0 Å². The number of allylic oxidation sites excluding steroid dienone is 7. The first-order valence-electron chi connectivity index (χ1n) is 10.9. The molecule has 0 radical (unpaired) electrons. The summed E-state index contributed by atoms with van der Waals surface area (Å²) in [6.45, 7) is 26.7. The zero-order valence-corrected chi connectivity index (χ0v) is 21.0. The maximum absolute atomic E-state index is 6.48. The summed E-state index contributed by atoms with van der Waals surface area (Å²) in [6, 6.07) is 0. The minimum absolute atomic E-state index is 0.629. The lowest BCUT2D eigenvalue weighted by molar-refractivity contribution is 0.0776. The number of nitrogens with zero attached hydrogens (tertiary/aromatic N) is 3. The summed E-state index contributed by atoms with van der Waals surface area (Å²) in [5, 5.41) is 4.15. The van der Waals surface area contributed by atoms with Crippen molar-refractivity contribution in [1.82, 2.24) is 14.9 Å². The molecule has 1 heterocycles. The second kappa shape index (κ2) is 11.6. The maximum Gasteiger partial charge on any atom is 0.104 e. The second-order valence-electron chi connectivity index (χ2n) is 8.33. The molecule has 0 saturated heterocycles. The van der Waals surface area contributed by atoms with E-state index in [1.165, 1.54) is 16.7 Å². The van der Waals surface area contributed by atoms with Crippen LogP contribution in [0.2, 0.25) is 0 Å². The zero-order chi connectivity index (χ0) is 23.9. The van der Waals surface area contributed by atoms with Crippen LogP contribution in [-0.2, 0) is 0 Å². The first kappa shape index (κ1) is 26.3. The predicted octanol–water partition coefficient (Wildman–Crippen LogP) is 6.05. The molecule has 0 aromatic rings. The fourth-order valence-corrected chi connectivity index (χ4v) is 3.74. The highest BCUT2D eigenvalue weighted by atomic mass is 15.6. The average Bonchev–Trinajstić information content (AvgIpc) is 2.69. The van der Waals surface area contributed by atoms with Crippen LogP contribution < -0.4 is 5.73 Å². The fraction of sp³-hybridized carbons (Fsp3) is 0.407. The Morgan fingerprint density at radius 2 is 1.81 bits per heavy atom. The summed E-state index contributed by atoms with van der Waals surface area (Å²) in [7, 11) is 4.05. The van der Waals surface area contributed by atoms with Crippen molar-refractivity contribution < 1.29 is 0 Å². The van der Waals surface area contributed by atoms with Crippen LogP contribution >= 0.6 is 0 Å². The molecule has 0 unspecified atom stereocenters. The van der Waals surface area contributed by atoms with E-state index in [0.29, 0.717) is 12.4 Å². The number of hydrogen-bond acceptors (Lipinski definition) is 4. The minimum atomic E-state index is 0.629. The molecule has 2 N–H and O–H groups in total. The van der Waals surface area contributed by atoms with Crippen LogP contribution in [0.25, 0.3) is 0 Å². The number of hydrogen-bond donors (Lipinski definition) is 1. The van der Waals surface area contributed by atoms with Crippen LogP contribution in [0.4, 0.5) is 0 Å². The van der Waals surface area contributed by atoms with Crippen molar-refractivity contribution in [3.05, 3.63) is 94.7 Å². The number of hydrazine groups is 1. The largest absolute Gasteiger partial charge is 0.385 e. The van der Waals surface area contributed by atoms with Crippen LogP contribution in [0.15, 0.2) is 94.7 Å². The van der Waals surface area contributed by atoms with Gasteiger partial charge in [0.1, 0.15) is 5.82 Å². The molecule has 1 aliphatic rings. The Balaban J connectivity index is 3.09. The van der Waals surface area contributed by atoms with E-state index in [9.17, 15) is 0 Å². The molecule has 170 valence electrons. The standard InChI is InChI=1S/C27H42N4/c1-12-14-20(5)15-21(6)26(13-2)22(7)17-31-24(9)23(8)25(16-27(31)28)18-29(10)30(11)19(3)4/h12,14-16H,3,7,9,13,17-18,28H2,1-2,4-6,8,10-11H3/b14-12-,20-15-,26-21+. The topological polar surface area (TPSA) is 35.7 Å². The van der Waals surface area contributed by atoms with Crippen molar-refractivity contribution in [3.8, 4) is 0 Å². The van der Waals surface area contributed by atoms with Crippen molar-refractivity contribution in [3.63, 3.8) is 0 Å². The Hall–Kier alpha value is -2.72. The average molecular weight is 423 g/mol. The lowest BCUT2D eigenvalue weighted by atomic mass is 9.96. The van der Waals surface area contributed by atoms with Gasteiger partial charge in [-0.1, -0.05) is 50.5 Å². The fourth-order valence-electron chi connectivity index (χ4n) is 3.74. The highest BCUT2D eigenvalue weighted by Gasteiger charge is 2.22. The molecule has 0 aromatic carbocycles. The summed E-state index contributed by atoms with van der Waals surface area (Å²) in [5.41, 5.74) is 15.5. The molecule has 0 atom stereocenters. The molecular weight excluding hydrogens is 380 g/mol. The van der Waals surface area contributed by atoms with E-state index in [4.69, 9.17) is 5.73 Å². The molecule has 0 aromatic heterocycles. The van der Waals surface area contributed by atoms with Crippen molar-refractivity contribution >= 4 is 0 Å². The van der Waals surface area contributed by atoms with E-state index in [1.54, 1.807) is 0 Å². The van der Waals surface area contributed by atoms with E-state index < -0.39 is 0 Å². The van der Waals surface area contributed by atoms with Crippen LogP contribution in [-0.4, -0.2) is 42.1 Å². The maximum atomic E-state index is 6.48. The molecule has 4 nitrogen and oxygen atoms in total. The van der Waals surface area contributed by atoms with Crippen LogP contribution in [0.3, 0.4) is 0 Å². The van der Waals surface area contributed by atoms with E-state index in [-0.39, 0.29) is 0 Å². The van der Waals surface area contributed by atoms with E-state index in [0.717, 1.165) is 41.1 Å². The van der Waals surface area contributed by atoms with E-state index >= 15 is 0 Å². The normalized spacial score (nSPS) is 16.2. The monoisotopic (exact) mass is 422 g/mol. The van der Waals surface area contributed by atoms with Gasteiger partial charge in [0.25, 0.3) is 0 Å². The third-order valence-corrected chi connectivity index (χ3v) is 5.82. The van der Waals surface area contributed by atoms with Gasteiger partial charge in [0, 0.05) is 38.6 Å². The summed E-state index contributed by atoms with van der Waals surface area (Å²) < 4.78 is 0. The molecule has 0 fully saturated rings. The molecule has 0 bridgehead atoms. The molecule has 0 spiro atoms. The van der Waals surface area contributed by atoms with Gasteiger partial charge in [-0.25, -0.2) is 5.01 Å². The molecule has 31 heavy (non-hydrogen) atoms. The number of nitrogens with two attached hydrogens (primary N) is 1. The van der Waals surface area contributed by atoms with Gasteiger partial charge in [0.15, 0.2) is 0 Å². The molecule has 4 heteroatoms. The van der Waals surface area contributed by atoms with Gasteiger partial charge in [-0.15, -0.1) is 0 Å². The van der Waals surface area contributed by atoms with Gasteiger partial charge in [0.2, 0.25) is 0 Å². The Kier molecular flexibility index (Phi) is 9.86. The van der Waals surface area contributed by atoms with Gasteiger partial charge < -0.3 is 15.6 Å². The Morgan fingerprint density at radius 3 is 2.32 bits per heavy atom. The number of rotatable bonds is 10. The van der Waals surface area contributed by atoms with Crippen molar-refractivity contribution in [2.24, 2.45) is 5.73 Å². The van der Waals surface area contributed by atoms with E-state index in [1.807, 2.05) is 33.0 Å². The van der Waals surface area contributed by atoms with Gasteiger partial charge in [-0.3, -0.25) is 0 Å². The molecule has 1 aliphatic heterocycles. The first-order valence-corrected chi connectivity index (χ1v) is 10.9. The number of likely N-dealkylation sites (N-methyl/N-ethyl adjacent to an activating group) is 1. The van der Waals surface area contributed by atoms with Crippen LogP contribution in [0, 0.1) is 0 Å². The van der Waals surface area contributed by atoms with Gasteiger partial charge in [-0.05, 0) is 75.0 Å². The zero-order valence-electron chi connectivity index (χ0n) is 21.0. The van der Waals surface area contributed by atoms with Crippen molar-refractivity contribution in [2.75, 3.05) is 27.2 Å². The minimum Gasteiger partial charge on any atom is -0.385 e. The lowest BCUT2D eigenvalue weighted by Gasteiger charge is -2.36. The van der Waals surface area contributed by atoms with Gasteiger partial charge in [-0.2, -0.15) is 0 Å². The quantitative estimate of drug-likeness (QED) is 0.343. The Labute approximate surface area is 190 Å². The highest BCUT2D eigenvalue weighted by Crippen LogP contribution is 2.30. The Bertz CT molecular complexity index is 875. The third kappa shape index (κ3) is 6.90. The summed E-state index contributed by atoms with van der Waals surface area (Å²) >= 11 is 0. The third-order valence-electron chi connectivity index (χ3n) is 5.82. The molecule has 0 amide bonds.